The number of carbonyl (C=O) groups is 2. The number of carbonyl (C=O) groups excluding carboxylic acids is 2. The van der Waals surface area contributed by atoms with Crippen molar-refractivity contribution in [2.75, 3.05) is 20.8 Å². The topological polar surface area (TPSA) is 99.4 Å². The second-order valence-corrected chi connectivity index (χ2v) is 9.73. The number of halogens is 1. The Balaban J connectivity index is 0.000000658. The normalized spacial score (nSPS) is 12.8. The molecule has 4 rings (SSSR count). The molecule has 1 N–H and O–H groups in total. The molecule has 0 unspecified atom stereocenters. The minimum absolute atomic E-state index is 0.00154. The van der Waals surface area contributed by atoms with E-state index in [0.717, 1.165) is 23.1 Å². The predicted molar refractivity (Wildman–Crippen MR) is 133 cm³/mol. The van der Waals surface area contributed by atoms with Crippen molar-refractivity contribution >= 4 is 17.5 Å². The molecule has 9 heteroatoms. The molecule has 8 nitrogen and oxygen atoms in total. The Morgan fingerprint density at radius 3 is 2.47 bits per heavy atom. The van der Waals surface area contributed by atoms with E-state index in [4.69, 9.17) is 19.3 Å². The van der Waals surface area contributed by atoms with Gasteiger partial charge in [-0.05, 0) is 81.8 Å². The van der Waals surface area contributed by atoms with Gasteiger partial charge in [-0.2, -0.15) is 5.10 Å². The summed E-state index contributed by atoms with van der Waals surface area (Å²) >= 11 is 0. The summed E-state index contributed by atoms with van der Waals surface area (Å²) in [5, 5.41) is 12.8. The summed E-state index contributed by atoms with van der Waals surface area (Å²) in [6.45, 7) is 9.47. The number of aryl methyl sites for hydroxylation is 1. The van der Waals surface area contributed by atoms with Crippen molar-refractivity contribution in [3.63, 3.8) is 0 Å². The molecule has 3 aromatic rings. The number of ether oxygens (including phenoxy) is 3. The van der Waals surface area contributed by atoms with Gasteiger partial charge in [0.05, 0.1) is 38.4 Å². The van der Waals surface area contributed by atoms with E-state index in [1.165, 1.54) is 20.3 Å². The Bertz CT molecular complexity index is 1300. The zero-order valence-corrected chi connectivity index (χ0v) is 21.8. The average molecular weight is 501 g/mol. The van der Waals surface area contributed by atoms with Crippen molar-refractivity contribution in [3.05, 3.63) is 52.1 Å². The van der Waals surface area contributed by atoms with E-state index in [-0.39, 0.29) is 17.9 Å². The lowest BCUT2D eigenvalue weighted by Gasteiger charge is -2.23. The highest BCUT2D eigenvalue weighted by atomic mass is 19.1. The van der Waals surface area contributed by atoms with Crippen LogP contribution in [0.3, 0.4) is 0 Å². The van der Waals surface area contributed by atoms with Gasteiger partial charge in [-0.15, -0.1) is 0 Å². The van der Waals surface area contributed by atoms with Gasteiger partial charge in [-0.1, -0.05) is 0 Å². The molecular weight excluding hydrogens is 467 g/mol. The van der Waals surface area contributed by atoms with E-state index < -0.39 is 23.4 Å². The van der Waals surface area contributed by atoms with Crippen LogP contribution in [-0.2, 0) is 27.1 Å². The third-order valence-electron chi connectivity index (χ3n) is 5.73. The van der Waals surface area contributed by atoms with Crippen LogP contribution in [0.1, 0.15) is 59.9 Å². The molecule has 0 bridgehead atoms. The van der Waals surface area contributed by atoms with Crippen molar-refractivity contribution in [2.24, 2.45) is 0 Å². The first kappa shape index (κ1) is 27.1. The second kappa shape index (κ2) is 10.7. The van der Waals surface area contributed by atoms with Crippen molar-refractivity contribution < 1.29 is 33.3 Å². The number of benzene rings is 1. The summed E-state index contributed by atoms with van der Waals surface area (Å²) in [7, 11) is 2.61. The van der Waals surface area contributed by atoms with Gasteiger partial charge in [-0.3, -0.25) is 4.79 Å². The zero-order chi connectivity index (χ0) is 26.8. The van der Waals surface area contributed by atoms with Gasteiger partial charge in [0.1, 0.15) is 0 Å². The lowest BCUT2D eigenvalue weighted by Crippen LogP contribution is -2.13. The Morgan fingerprint density at radius 1 is 1.19 bits per heavy atom. The number of hydrogen-bond acceptors (Lipinski definition) is 7. The number of aromatic nitrogens is 2. The number of rotatable bonds is 4. The molecule has 0 radical (unpaired) electrons. The first-order chi connectivity index (χ1) is 16.8. The van der Waals surface area contributed by atoms with Crippen LogP contribution in [0.4, 0.5) is 4.39 Å². The minimum Gasteiger partial charge on any atom is -0.490 e. The Hall–Kier alpha value is -3.46. The van der Waals surface area contributed by atoms with E-state index in [2.05, 4.69) is 5.10 Å². The third kappa shape index (κ3) is 5.84. The molecule has 2 aromatic heterocycles. The maximum atomic E-state index is 15.0. The van der Waals surface area contributed by atoms with E-state index in [1.54, 1.807) is 37.5 Å². The van der Waals surface area contributed by atoms with Crippen LogP contribution < -0.4 is 4.74 Å². The molecular formula is C27H33FN2O6. The fourth-order valence-corrected chi connectivity index (χ4v) is 4.16. The Labute approximate surface area is 210 Å². The lowest BCUT2D eigenvalue weighted by atomic mass is 9.88. The van der Waals surface area contributed by atoms with Crippen molar-refractivity contribution in [1.82, 2.24) is 9.61 Å². The smallest absolute Gasteiger partial charge is 0.358 e. The Kier molecular flexibility index (Phi) is 8.03. The van der Waals surface area contributed by atoms with E-state index in [1.807, 2.05) is 13.8 Å². The van der Waals surface area contributed by atoms with Crippen LogP contribution >= 0.6 is 0 Å². The van der Waals surface area contributed by atoms with Crippen molar-refractivity contribution in [3.8, 4) is 16.9 Å². The molecule has 0 atom stereocenters. The molecule has 0 saturated carbocycles. The number of esters is 2. The summed E-state index contributed by atoms with van der Waals surface area (Å²) in [6, 6.07) is 3.02. The lowest BCUT2D eigenvalue weighted by molar-refractivity contribution is -0.139. The molecule has 0 aliphatic carbocycles. The SMILES string of the molecule is CC(C)(C)O.COC(=O)Cc1c(C)cn2nc(C(=O)OC)cc2c1-c1cc(F)c2c(c1C)CCCO2. The van der Waals surface area contributed by atoms with Gasteiger partial charge < -0.3 is 19.3 Å². The highest BCUT2D eigenvalue weighted by Crippen LogP contribution is 2.41. The summed E-state index contributed by atoms with van der Waals surface area (Å²) in [4.78, 5) is 24.3. The molecule has 0 amide bonds. The standard InChI is InChI=1S/C23H23FN2O5.C4H10O/c1-12-11-26-19(10-18(25-26)23(28)30-4)21(15(12)9-20(27)29-3)16-8-17(24)22-14(13(16)2)6-5-7-31-22;1-4(2,3)5/h8,10-11H,5-7,9H2,1-4H3;5H,1-3H3. The molecule has 1 aromatic carbocycles. The number of aliphatic hydroxyl groups is 1. The fourth-order valence-electron chi connectivity index (χ4n) is 4.16. The molecule has 36 heavy (non-hydrogen) atoms. The van der Waals surface area contributed by atoms with Gasteiger partial charge in [0.2, 0.25) is 0 Å². The number of hydrogen-bond donors (Lipinski definition) is 1. The number of fused-ring (bicyclic) bond motifs is 2. The maximum absolute atomic E-state index is 15.0. The van der Waals surface area contributed by atoms with Crippen molar-refractivity contribution in [2.45, 2.75) is 59.5 Å². The monoisotopic (exact) mass is 500 g/mol. The van der Waals surface area contributed by atoms with Gasteiger partial charge in [0.25, 0.3) is 0 Å². The number of nitrogens with zero attached hydrogens (tertiary/aromatic N) is 2. The van der Waals surface area contributed by atoms with Gasteiger partial charge in [0, 0.05) is 17.3 Å². The van der Waals surface area contributed by atoms with Crippen LogP contribution in [0.15, 0.2) is 18.3 Å². The van der Waals surface area contributed by atoms with E-state index >= 15 is 4.39 Å². The molecule has 194 valence electrons. The zero-order valence-electron chi connectivity index (χ0n) is 21.8. The Morgan fingerprint density at radius 2 is 1.86 bits per heavy atom. The maximum Gasteiger partial charge on any atom is 0.358 e. The summed E-state index contributed by atoms with van der Waals surface area (Å²) in [5.41, 5.74) is 4.61. The molecule has 0 fully saturated rings. The number of methoxy groups -OCH3 is 2. The molecule has 0 spiro atoms. The van der Waals surface area contributed by atoms with Crippen LogP contribution in [0.5, 0.6) is 5.75 Å². The van der Waals surface area contributed by atoms with Gasteiger partial charge >= 0.3 is 11.9 Å². The fraction of sp³-hybridized carbons (Fsp3) is 0.444. The van der Waals surface area contributed by atoms with Crippen LogP contribution in [-0.4, -0.2) is 53.1 Å². The average Bonchev–Trinajstić information content (AvgIpc) is 3.24. The minimum atomic E-state index is -0.580. The van der Waals surface area contributed by atoms with Gasteiger partial charge in [0.15, 0.2) is 17.3 Å². The predicted octanol–water partition coefficient (Wildman–Crippen LogP) is 4.36. The summed E-state index contributed by atoms with van der Waals surface area (Å²) in [6.07, 6.45) is 3.24. The van der Waals surface area contributed by atoms with Crippen LogP contribution in [0.25, 0.3) is 16.6 Å². The van der Waals surface area contributed by atoms with Crippen LogP contribution in [0.2, 0.25) is 0 Å². The van der Waals surface area contributed by atoms with Gasteiger partial charge in [-0.25, -0.2) is 13.7 Å². The largest absolute Gasteiger partial charge is 0.490 e. The van der Waals surface area contributed by atoms with Crippen molar-refractivity contribution in [1.29, 1.82) is 0 Å². The van der Waals surface area contributed by atoms with Crippen LogP contribution in [0, 0.1) is 19.7 Å². The highest BCUT2D eigenvalue weighted by molar-refractivity contribution is 5.94. The molecule has 3 heterocycles. The number of pyridine rings is 1. The van der Waals surface area contributed by atoms with E-state index in [9.17, 15) is 9.59 Å². The molecule has 0 saturated heterocycles. The summed E-state index contributed by atoms with van der Waals surface area (Å²) in [5.74, 6) is -1.16. The highest BCUT2D eigenvalue weighted by Gasteiger charge is 2.26. The first-order valence-electron chi connectivity index (χ1n) is 11.7. The third-order valence-corrected chi connectivity index (χ3v) is 5.73. The van der Waals surface area contributed by atoms with E-state index in [0.29, 0.717) is 35.2 Å². The first-order valence-corrected chi connectivity index (χ1v) is 11.7. The molecule has 1 aliphatic rings. The summed E-state index contributed by atoms with van der Waals surface area (Å²) < 4.78 is 31.9. The second-order valence-electron chi connectivity index (χ2n) is 9.73. The molecule has 1 aliphatic heterocycles. The quantitative estimate of drug-likeness (QED) is 0.532.